The van der Waals surface area contributed by atoms with Crippen LogP contribution in [0.25, 0.3) is 6.08 Å². The zero-order valence-corrected chi connectivity index (χ0v) is 19.8. The van der Waals surface area contributed by atoms with Gasteiger partial charge >= 0.3 is 0 Å². The van der Waals surface area contributed by atoms with Gasteiger partial charge in [0, 0.05) is 31.3 Å². The van der Waals surface area contributed by atoms with Gasteiger partial charge in [-0.1, -0.05) is 73.5 Å². The number of hydrogen-bond acceptors (Lipinski definition) is 2. The van der Waals surface area contributed by atoms with E-state index in [9.17, 15) is 0 Å². The topological polar surface area (TPSA) is 12.5 Å². The molecule has 2 aliphatic heterocycles. The van der Waals surface area contributed by atoms with Crippen LogP contribution < -0.4 is 0 Å². The summed E-state index contributed by atoms with van der Waals surface area (Å²) in [4.78, 5) is 2.77. The summed E-state index contributed by atoms with van der Waals surface area (Å²) in [5.41, 5.74) is 5.66. The lowest BCUT2D eigenvalue weighted by molar-refractivity contribution is -0.202. The highest BCUT2D eigenvalue weighted by Gasteiger charge is 2.55. The van der Waals surface area contributed by atoms with Crippen LogP contribution in [0.5, 0.6) is 0 Å². The number of rotatable bonds is 3. The molecule has 1 saturated carbocycles. The van der Waals surface area contributed by atoms with E-state index in [1.54, 1.807) is 5.57 Å². The zero-order valence-electron chi connectivity index (χ0n) is 19.8. The molecule has 2 aliphatic carbocycles. The van der Waals surface area contributed by atoms with E-state index in [-0.39, 0.29) is 5.72 Å². The maximum absolute atomic E-state index is 7.40. The number of allylic oxidation sites excluding steroid dienone is 2. The van der Waals surface area contributed by atoms with E-state index < -0.39 is 0 Å². The predicted molar refractivity (Wildman–Crippen MR) is 136 cm³/mol. The summed E-state index contributed by atoms with van der Waals surface area (Å²) in [5, 5.41) is 0. The molecule has 4 aliphatic rings. The maximum Gasteiger partial charge on any atom is 0.167 e. The Hall–Kier alpha value is -2.32. The van der Waals surface area contributed by atoms with Crippen LogP contribution in [-0.2, 0) is 4.74 Å². The Bertz CT molecular complexity index is 1020. The molecule has 0 N–H and O–H groups in total. The molecular weight excluding hydrogens is 402 g/mol. The van der Waals surface area contributed by atoms with Gasteiger partial charge in [0.05, 0.1) is 0 Å². The molecule has 33 heavy (non-hydrogen) atoms. The van der Waals surface area contributed by atoms with Crippen LogP contribution >= 0.6 is 0 Å². The third-order valence-electron chi connectivity index (χ3n) is 8.60. The van der Waals surface area contributed by atoms with Gasteiger partial charge in [-0.25, -0.2) is 0 Å². The lowest BCUT2D eigenvalue weighted by atomic mass is 9.64. The fourth-order valence-electron chi connectivity index (χ4n) is 7.17. The molecule has 3 atom stereocenters. The second-order valence-electron chi connectivity index (χ2n) is 10.5. The van der Waals surface area contributed by atoms with E-state index in [0.29, 0.717) is 11.8 Å². The molecule has 6 rings (SSSR count). The third-order valence-corrected chi connectivity index (χ3v) is 8.60. The maximum atomic E-state index is 7.40. The van der Waals surface area contributed by atoms with Crippen molar-refractivity contribution < 1.29 is 4.74 Å². The van der Waals surface area contributed by atoms with Crippen molar-refractivity contribution in [2.24, 2.45) is 5.92 Å². The average molecular weight is 440 g/mol. The Labute approximate surface area is 199 Å². The Morgan fingerprint density at radius 1 is 0.788 bits per heavy atom. The first-order chi connectivity index (χ1) is 16.4. The summed E-state index contributed by atoms with van der Waals surface area (Å²) < 4.78 is 7.40. The number of piperidine rings is 1. The Balaban J connectivity index is 1.51. The summed E-state index contributed by atoms with van der Waals surface area (Å²) in [5.74, 6) is 2.29. The molecule has 2 heterocycles. The first-order valence-electron chi connectivity index (χ1n) is 13.3. The fourth-order valence-corrected chi connectivity index (χ4v) is 7.17. The first kappa shape index (κ1) is 21.2. The van der Waals surface area contributed by atoms with Crippen molar-refractivity contribution in [1.29, 1.82) is 0 Å². The van der Waals surface area contributed by atoms with Crippen LogP contribution in [0.2, 0.25) is 0 Å². The molecule has 2 heteroatoms. The van der Waals surface area contributed by atoms with Gasteiger partial charge in [-0.3, -0.25) is 4.90 Å². The van der Waals surface area contributed by atoms with E-state index in [1.807, 2.05) is 0 Å². The van der Waals surface area contributed by atoms with Gasteiger partial charge in [0.1, 0.15) is 5.76 Å². The summed E-state index contributed by atoms with van der Waals surface area (Å²) in [6.45, 7) is 2.39. The van der Waals surface area contributed by atoms with E-state index in [0.717, 1.165) is 6.42 Å². The highest BCUT2D eigenvalue weighted by molar-refractivity contribution is 5.60. The van der Waals surface area contributed by atoms with Gasteiger partial charge in [-0.15, -0.1) is 0 Å². The average Bonchev–Trinajstić information content (AvgIpc) is 2.89. The molecule has 0 amide bonds. The van der Waals surface area contributed by atoms with Crippen molar-refractivity contribution in [1.82, 2.24) is 4.90 Å². The van der Waals surface area contributed by atoms with E-state index in [1.165, 1.54) is 93.3 Å². The number of nitrogens with zero attached hydrogens (tertiary/aromatic N) is 1. The molecule has 2 nitrogen and oxygen atoms in total. The highest BCUT2D eigenvalue weighted by atomic mass is 16.5. The third kappa shape index (κ3) is 3.87. The summed E-state index contributed by atoms with van der Waals surface area (Å²) in [6.07, 6.45) is 15.0. The van der Waals surface area contributed by atoms with Gasteiger partial charge in [-0.2, -0.15) is 0 Å². The van der Waals surface area contributed by atoms with Gasteiger partial charge < -0.3 is 4.74 Å². The molecule has 0 bridgehead atoms. The molecule has 0 spiro atoms. The fraction of sp³-hybridized carbons (Fsp3) is 0.484. The largest absolute Gasteiger partial charge is 0.472 e. The highest BCUT2D eigenvalue weighted by Crippen LogP contribution is 2.57. The predicted octanol–water partition coefficient (Wildman–Crippen LogP) is 7.69. The number of hydrogen-bond donors (Lipinski definition) is 0. The molecule has 0 radical (unpaired) electrons. The SMILES string of the molecule is C(=C1/CCCC2=C1O[C@]1(N3CCCCC3)CCCC[C@@H]1[C@@H]2c1ccccc1)/c1ccccc1. The summed E-state index contributed by atoms with van der Waals surface area (Å²) in [7, 11) is 0. The van der Waals surface area contributed by atoms with Gasteiger partial charge in [0.25, 0.3) is 0 Å². The molecule has 0 unspecified atom stereocenters. The smallest absolute Gasteiger partial charge is 0.167 e. The normalized spacial score (nSPS) is 31.6. The van der Waals surface area contributed by atoms with Crippen LogP contribution in [0, 0.1) is 5.92 Å². The minimum atomic E-state index is -0.134. The standard InChI is InChI=1S/C31H37NO/c1-4-13-24(14-5-1)23-26-17-12-18-27-29(25-15-6-2-7-16-25)28-19-8-9-20-31(28,33-30(26)27)32-21-10-3-11-22-32/h1-2,4-7,13-16,23,28-29H,3,8-12,17-22H2/b26-23+/t28-,29-,31-/m1/s1. The van der Waals surface area contributed by atoms with Gasteiger partial charge in [0.15, 0.2) is 5.72 Å². The van der Waals surface area contributed by atoms with Crippen molar-refractivity contribution in [2.45, 2.75) is 75.9 Å². The van der Waals surface area contributed by atoms with Crippen molar-refractivity contribution in [2.75, 3.05) is 13.1 Å². The van der Waals surface area contributed by atoms with Crippen molar-refractivity contribution in [3.63, 3.8) is 0 Å². The zero-order chi connectivity index (χ0) is 22.1. The molecule has 2 aromatic rings. The minimum Gasteiger partial charge on any atom is -0.472 e. The molecular formula is C31H37NO. The van der Waals surface area contributed by atoms with E-state index in [2.05, 4.69) is 71.6 Å². The summed E-state index contributed by atoms with van der Waals surface area (Å²) in [6, 6.07) is 22.2. The second-order valence-corrected chi connectivity index (χ2v) is 10.5. The van der Waals surface area contributed by atoms with E-state index in [4.69, 9.17) is 4.74 Å². The van der Waals surface area contributed by atoms with Crippen molar-refractivity contribution >= 4 is 6.08 Å². The van der Waals surface area contributed by atoms with Gasteiger partial charge in [0.2, 0.25) is 0 Å². The molecule has 172 valence electrons. The van der Waals surface area contributed by atoms with Crippen LogP contribution in [-0.4, -0.2) is 23.7 Å². The van der Waals surface area contributed by atoms with Crippen molar-refractivity contribution in [3.8, 4) is 0 Å². The number of fused-ring (bicyclic) bond motifs is 1. The van der Waals surface area contributed by atoms with Crippen LogP contribution in [0.15, 0.2) is 77.6 Å². The van der Waals surface area contributed by atoms with E-state index >= 15 is 0 Å². The second kappa shape index (κ2) is 9.14. The monoisotopic (exact) mass is 439 g/mol. The Morgan fingerprint density at radius 2 is 1.55 bits per heavy atom. The Kier molecular flexibility index (Phi) is 5.88. The van der Waals surface area contributed by atoms with Crippen LogP contribution in [0.4, 0.5) is 0 Å². The van der Waals surface area contributed by atoms with Crippen LogP contribution in [0.1, 0.15) is 81.3 Å². The van der Waals surface area contributed by atoms with Crippen LogP contribution in [0.3, 0.4) is 0 Å². The lowest BCUT2D eigenvalue weighted by Gasteiger charge is -2.58. The molecule has 0 aromatic heterocycles. The lowest BCUT2D eigenvalue weighted by Crippen LogP contribution is -2.61. The summed E-state index contributed by atoms with van der Waals surface area (Å²) >= 11 is 0. The Morgan fingerprint density at radius 3 is 2.33 bits per heavy atom. The first-order valence-corrected chi connectivity index (χ1v) is 13.3. The molecule has 2 aromatic carbocycles. The minimum absolute atomic E-state index is 0.134. The molecule has 2 fully saturated rings. The quantitative estimate of drug-likeness (QED) is 0.486. The van der Waals surface area contributed by atoms with Crippen molar-refractivity contribution in [3.05, 3.63) is 88.7 Å². The number of ether oxygens (including phenoxy) is 1. The molecule has 1 saturated heterocycles. The van der Waals surface area contributed by atoms with Gasteiger partial charge in [-0.05, 0) is 73.3 Å². The number of benzene rings is 2. The number of likely N-dealkylation sites (tertiary alicyclic amines) is 1.